The van der Waals surface area contributed by atoms with Crippen LogP contribution in [0.5, 0.6) is 11.5 Å². The van der Waals surface area contributed by atoms with Crippen LogP contribution in [0.15, 0.2) is 47.4 Å². The second kappa shape index (κ2) is 6.10. The Bertz CT molecular complexity index is 692. The first-order valence-corrected chi connectivity index (χ1v) is 7.10. The maximum absolute atomic E-state index is 12.7. The van der Waals surface area contributed by atoms with Crippen molar-refractivity contribution in [1.82, 2.24) is 0 Å². The number of ether oxygens (including phenoxy) is 1. The zero-order valence-corrected chi connectivity index (χ0v) is 11.8. The molecular formula is C15H10F3NOS. The summed E-state index contributed by atoms with van der Waals surface area (Å²) in [5.74, 6) is 0.281. The van der Waals surface area contributed by atoms with Gasteiger partial charge in [-0.05, 0) is 36.6 Å². The lowest BCUT2D eigenvalue weighted by Crippen LogP contribution is -2.04. The molecule has 2 aromatic carbocycles. The molecule has 0 amide bonds. The molecule has 2 rings (SSSR count). The van der Waals surface area contributed by atoms with Crippen LogP contribution in [-0.4, -0.2) is 6.26 Å². The summed E-state index contributed by atoms with van der Waals surface area (Å²) in [6.45, 7) is 0. The quantitative estimate of drug-likeness (QED) is 0.740. The summed E-state index contributed by atoms with van der Waals surface area (Å²) in [5, 5.41) is 9.17. The normalized spacial score (nSPS) is 11.0. The van der Waals surface area contributed by atoms with Crippen LogP contribution in [0.2, 0.25) is 0 Å². The van der Waals surface area contributed by atoms with E-state index in [1.165, 1.54) is 23.9 Å². The minimum Gasteiger partial charge on any atom is -0.456 e. The molecule has 0 N–H and O–H groups in total. The van der Waals surface area contributed by atoms with Crippen molar-refractivity contribution in [2.24, 2.45) is 0 Å². The Kier molecular flexibility index (Phi) is 4.43. The van der Waals surface area contributed by atoms with Crippen molar-refractivity contribution in [3.63, 3.8) is 0 Å². The first-order valence-electron chi connectivity index (χ1n) is 5.88. The molecule has 6 heteroatoms. The smallest absolute Gasteiger partial charge is 0.416 e. The number of nitriles is 1. The fourth-order valence-corrected chi connectivity index (χ4v) is 2.30. The Labute approximate surface area is 124 Å². The number of hydrogen-bond donors (Lipinski definition) is 0. The number of hydrogen-bond acceptors (Lipinski definition) is 3. The van der Waals surface area contributed by atoms with E-state index in [-0.39, 0.29) is 11.5 Å². The van der Waals surface area contributed by atoms with Gasteiger partial charge in [0.05, 0.1) is 5.56 Å². The number of alkyl halides is 3. The fourth-order valence-electron chi connectivity index (χ4n) is 1.74. The van der Waals surface area contributed by atoms with Gasteiger partial charge < -0.3 is 4.74 Å². The van der Waals surface area contributed by atoms with Crippen LogP contribution in [0.4, 0.5) is 13.2 Å². The summed E-state index contributed by atoms with van der Waals surface area (Å²) in [6, 6.07) is 11.6. The average Bonchev–Trinajstić information content (AvgIpc) is 2.46. The molecule has 0 aliphatic rings. The Balaban J connectivity index is 2.38. The molecule has 0 aliphatic carbocycles. The standard InChI is InChI=1S/C15H10F3NOS/c1-21-14-7-3-6-13(12(14)9-19)20-11-5-2-4-10(8-11)15(16,17)18/h2-8H,1H3. The maximum atomic E-state index is 12.7. The fraction of sp³-hybridized carbons (Fsp3) is 0.133. The summed E-state index contributed by atoms with van der Waals surface area (Å²) in [7, 11) is 0. The van der Waals surface area contributed by atoms with Gasteiger partial charge in [0.1, 0.15) is 23.1 Å². The Morgan fingerprint density at radius 1 is 1.14 bits per heavy atom. The summed E-state index contributed by atoms with van der Waals surface area (Å²) < 4.78 is 43.4. The molecule has 0 aliphatic heterocycles. The predicted octanol–water partition coefficient (Wildman–Crippen LogP) is 5.09. The highest BCUT2D eigenvalue weighted by Crippen LogP contribution is 2.35. The van der Waals surface area contributed by atoms with E-state index in [0.29, 0.717) is 10.5 Å². The van der Waals surface area contributed by atoms with Crippen molar-refractivity contribution >= 4 is 11.8 Å². The molecular weight excluding hydrogens is 299 g/mol. The second-order valence-electron chi connectivity index (χ2n) is 4.07. The lowest BCUT2D eigenvalue weighted by Gasteiger charge is -2.12. The molecule has 0 spiro atoms. The van der Waals surface area contributed by atoms with Gasteiger partial charge in [-0.15, -0.1) is 11.8 Å². The van der Waals surface area contributed by atoms with Crippen LogP contribution < -0.4 is 4.74 Å². The maximum Gasteiger partial charge on any atom is 0.416 e. The van der Waals surface area contributed by atoms with Crippen molar-refractivity contribution in [1.29, 1.82) is 5.26 Å². The van der Waals surface area contributed by atoms with E-state index >= 15 is 0 Å². The Hall–Kier alpha value is -2.13. The minimum atomic E-state index is -4.43. The van der Waals surface area contributed by atoms with Gasteiger partial charge in [0, 0.05) is 4.90 Å². The molecule has 0 unspecified atom stereocenters. The third-order valence-electron chi connectivity index (χ3n) is 2.71. The molecule has 0 saturated carbocycles. The van der Waals surface area contributed by atoms with Gasteiger partial charge >= 0.3 is 6.18 Å². The van der Waals surface area contributed by atoms with Crippen molar-refractivity contribution in [2.75, 3.05) is 6.26 Å². The van der Waals surface area contributed by atoms with E-state index in [1.54, 1.807) is 18.2 Å². The number of halogens is 3. The Morgan fingerprint density at radius 2 is 1.86 bits per heavy atom. The zero-order valence-electron chi connectivity index (χ0n) is 10.9. The molecule has 0 aromatic heterocycles. The summed E-state index contributed by atoms with van der Waals surface area (Å²) >= 11 is 1.37. The number of rotatable bonds is 3. The lowest BCUT2D eigenvalue weighted by molar-refractivity contribution is -0.137. The highest BCUT2D eigenvalue weighted by Gasteiger charge is 2.30. The van der Waals surface area contributed by atoms with E-state index < -0.39 is 11.7 Å². The summed E-state index contributed by atoms with van der Waals surface area (Å²) in [6.07, 6.45) is -2.62. The van der Waals surface area contributed by atoms with Gasteiger partial charge in [-0.1, -0.05) is 12.1 Å². The highest BCUT2D eigenvalue weighted by molar-refractivity contribution is 7.98. The number of nitrogens with zero attached hydrogens (tertiary/aromatic N) is 1. The predicted molar refractivity (Wildman–Crippen MR) is 74.5 cm³/mol. The first-order chi connectivity index (χ1) is 9.95. The first kappa shape index (κ1) is 15.3. The summed E-state index contributed by atoms with van der Waals surface area (Å²) in [4.78, 5) is 0.710. The van der Waals surface area contributed by atoms with Gasteiger partial charge in [-0.2, -0.15) is 18.4 Å². The van der Waals surface area contributed by atoms with E-state index in [0.717, 1.165) is 12.1 Å². The van der Waals surface area contributed by atoms with Crippen molar-refractivity contribution in [3.8, 4) is 17.6 Å². The molecule has 2 nitrogen and oxygen atoms in total. The van der Waals surface area contributed by atoms with Gasteiger partial charge in [0.25, 0.3) is 0 Å². The SMILES string of the molecule is CSc1cccc(Oc2cccc(C(F)(F)F)c2)c1C#N. The third-order valence-corrected chi connectivity index (χ3v) is 3.49. The van der Waals surface area contributed by atoms with Crippen LogP contribution >= 0.6 is 11.8 Å². The Morgan fingerprint density at radius 3 is 2.48 bits per heavy atom. The average molecular weight is 309 g/mol. The van der Waals surface area contributed by atoms with Crippen LogP contribution in [0.3, 0.4) is 0 Å². The van der Waals surface area contributed by atoms with Crippen molar-refractivity contribution in [3.05, 3.63) is 53.6 Å². The number of thioether (sulfide) groups is 1. The van der Waals surface area contributed by atoms with Gasteiger partial charge in [0.15, 0.2) is 0 Å². The molecule has 0 fully saturated rings. The number of benzene rings is 2. The summed E-state index contributed by atoms with van der Waals surface area (Å²) in [5.41, 5.74) is -0.484. The van der Waals surface area contributed by atoms with Crippen LogP contribution in [0.1, 0.15) is 11.1 Å². The molecule has 0 bridgehead atoms. The zero-order chi connectivity index (χ0) is 15.5. The van der Waals surface area contributed by atoms with Crippen molar-refractivity contribution in [2.45, 2.75) is 11.1 Å². The molecule has 0 saturated heterocycles. The van der Waals surface area contributed by atoms with E-state index in [2.05, 4.69) is 0 Å². The van der Waals surface area contributed by atoms with Gasteiger partial charge in [0.2, 0.25) is 0 Å². The molecule has 0 atom stereocenters. The highest BCUT2D eigenvalue weighted by atomic mass is 32.2. The van der Waals surface area contributed by atoms with E-state index in [4.69, 9.17) is 10.00 Å². The second-order valence-corrected chi connectivity index (χ2v) is 4.92. The van der Waals surface area contributed by atoms with Gasteiger partial charge in [-0.3, -0.25) is 0 Å². The molecule has 0 radical (unpaired) electrons. The van der Waals surface area contributed by atoms with E-state index in [1.807, 2.05) is 12.3 Å². The largest absolute Gasteiger partial charge is 0.456 e. The molecule has 108 valence electrons. The minimum absolute atomic E-state index is 0.0413. The monoisotopic (exact) mass is 309 g/mol. The third kappa shape index (κ3) is 3.50. The van der Waals surface area contributed by atoms with E-state index in [9.17, 15) is 13.2 Å². The molecule has 2 aromatic rings. The van der Waals surface area contributed by atoms with Crippen LogP contribution in [0, 0.1) is 11.3 Å². The van der Waals surface area contributed by atoms with Gasteiger partial charge in [-0.25, -0.2) is 0 Å². The molecule has 0 heterocycles. The van der Waals surface area contributed by atoms with Crippen LogP contribution in [-0.2, 0) is 6.18 Å². The lowest BCUT2D eigenvalue weighted by atomic mass is 10.2. The topological polar surface area (TPSA) is 33.0 Å². The van der Waals surface area contributed by atoms with Crippen molar-refractivity contribution < 1.29 is 17.9 Å². The van der Waals surface area contributed by atoms with Crippen LogP contribution in [0.25, 0.3) is 0 Å². The molecule has 21 heavy (non-hydrogen) atoms.